The minimum absolute atomic E-state index is 0.798. The molecular weight excluding hydrogens is 186 g/mol. The maximum Gasteiger partial charge on any atom is 0.0110 e. The lowest BCUT2D eigenvalue weighted by atomic mass is 10.0. The molecule has 90 valence electrons. The molecule has 1 saturated heterocycles. The van der Waals surface area contributed by atoms with E-state index >= 15 is 0 Å². The number of hydrogen-bond donors (Lipinski definition) is 1. The van der Waals surface area contributed by atoms with E-state index in [1.807, 2.05) is 0 Å². The fraction of sp³-hybridized carbons (Fsp3) is 1.00. The zero-order chi connectivity index (χ0) is 11.1. The Labute approximate surface area is 94.6 Å². The molecule has 0 spiro atoms. The molecule has 0 aliphatic carbocycles. The van der Waals surface area contributed by atoms with Crippen LogP contribution in [-0.4, -0.2) is 55.6 Å². The van der Waals surface area contributed by atoms with Crippen LogP contribution < -0.4 is 5.73 Å². The van der Waals surface area contributed by atoms with Crippen molar-refractivity contribution in [3.63, 3.8) is 0 Å². The Morgan fingerprint density at radius 3 is 2.00 bits per heavy atom. The summed E-state index contributed by atoms with van der Waals surface area (Å²) in [6.07, 6.45) is 2.64. The number of hydrogen-bond acceptors (Lipinski definition) is 3. The molecule has 0 saturated carbocycles. The molecule has 1 fully saturated rings. The molecule has 3 nitrogen and oxygen atoms in total. The van der Waals surface area contributed by atoms with E-state index in [4.69, 9.17) is 5.73 Å². The number of nitrogens with two attached hydrogens (primary N) is 1. The van der Waals surface area contributed by atoms with E-state index in [2.05, 4.69) is 23.6 Å². The van der Waals surface area contributed by atoms with E-state index < -0.39 is 0 Å². The fourth-order valence-electron chi connectivity index (χ4n) is 2.29. The standard InChI is InChI=1S/C12H27N3/c1-3-12(4-2)11-15-9-7-14(6-5-13)8-10-15/h12H,3-11,13H2,1-2H3. The van der Waals surface area contributed by atoms with Crippen molar-refractivity contribution >= 4 is 0 Å². The van der Waals surface area contributed by atoms with Crippen molar-refractivity contribution in [3.8, 4) is 0 Å². The lowest BCUT2D eigenvalue weighted by Crippen LogP contribution is -2.48. The van der Waals surface area contributed by atoms with Gasteiger partial charge in [-0.3, -0.25) is 4.90 Å². The number of rotatable bonds is 6. The zero-order valence-electron chi connectivity index (χ0n) is 10.4. The summed E-state index contributed by atoms with van der Waals surface area (Å²) >= 11 is 0. The average Bonchev–Trinajstić information content (AvgIpc) is 2.28. The summed E-state index contributed by atoms with van der Waals surface area (Å²) in [5.74, 6) is 0.894. The highest BCUT2D eigenvalue weighted by Crippen LogP contribution is 2.11. The predicted octanol–water partition coefficient (Wildman–Crippen LogP) is 0.999. The topological polar surface area (TPSA) is 32.5 Å². The van der Waals surface area contributed by atoms with E-state index in [9.17, 15) is 0 Å². The van der Waals surface area contributed by atoms with Crippen molar-refractivity contribution in [1.82, 2.24) is 9.80 Å². The summed E-state index contributed by atoms with van der Waals surface area (Å²) in [6.45, 7) is 12.6. The third-order valence-corrected chi connectivity index (χ3v) is 3.58. The summed E-state index contributed by atoms with van der Waals surface area (Å²) in [4.78, 5) is 5.09. The highest BCUT2D eigenvalue weighted by molar-refractivity contribution is 4.73. The van der Waals surface area contributed by atoms with Crippen LogP contribution in [0.1, 0.15) is 26.7 Å². The number of piperazine rings is 1. The molecule has 1 rings (SSSR count). The van der Waals surface area contributed by atoms with Crippen molar-refractivity contribution in [2.45, 2.75) is 26.7 Å². The Morgan fingerprint density at radius 2 is 1.53 bits per heavy atom. The molecule has 1 aliphatic heterocycles. The van der Waals surface area contributed by atoms with Crippen LogP contribution >= 0.6 is 0 Å². The highest BCUT2D eigenvalue weighted by atomic mass is 15.3. The van der Waals surface area contributed by atoms with Gasteiger partial charge in [-0.1, -0.05) is 26.7 Å². The van der Waals surface area contributed by atoms with E-state index in [1.54, 1.807) is 0 Å². The van der Waals surface area contributed by atoms with E-state index in [0.29, 0.717) is 0 Å². The molecule has 0 aromatic heterocycles. The quantitative estimate of drug-likeness (QED) is 0.714. The van der Waals surface area contributed by atoms with Crippen LogP contribution in [0, 0.1) is 5.92 Å². The van der Waals surface area contributed by atoms with Crippen LogP contribution in [-0.2, 0) is 0 Å². The van der Waals surface area contributed by atoms with Crippen molar-refractivity contribution in [2.75, 3.05) is 45.8 Å². The smallest absolute Gasteiger partial charge is 0.0110 e. The SMILES string of the molecule is CCC(CC)CN1CCN(CCN)CC1. The molecule has 0 bridgehead atoms. The van der Waals surface area contributed by atoms with E-state index in [-0.39, 0.29) is 0 Å². The number of nitrogens with zero attached hydrogens (tertiary/aromatic N) is 2. The summed E-state index contributed by atoms with van der Waals surface area (Å²) in [5.41, 5.74) is 5.56. The summed E-state index contributed by atoms with van der Waals surface area (Å²) in [5, 5.41) is 0. The monoisotopic (exact) mass is 213 g/mol. The van der Waals surface area contributed by atoms with Gasteiger partial charge in [0, 0.05) is 45.8 Å². The van der Waals surface area contributed by atoms with Gasteiger partial charge in [-0.05, 0) is 5.92 Å². The largest absolute Gasteiger partial charge is 0.329 e. The van der Waals surface area contributed by atoms with Gasteiger partial charge in [0.05, 0.1) is 0 Å². The molecule has 0 aromatic rings. The molecule has 0 amide bonds. The molecule has 0 atom stereocenters. The lowest BCUT2D eigenvalue weighted by molar-refractivity contribution is 0.118. The third kappa shape index (κ3) is 4.49. The maximum absolute atomic E-state index is 5.56. The molecule has 15 heavy (non-hydrogen) atoms. The van der Waals surface area contributed by atoms with Crippen LogP contribution in [0.25, 0.3) is 0 Å². The normalized spacial score (nSPS) is 20.0. The minimum atomic E-state index is 0.798. The van der Waals surface area contributed by atoms with Crippen molar-refractivity contribution in [2.24, 2.45) is 11.7 Å². The van der Waals surface area contributed by atoms with Gasteiger partial charge in [0.15, 0.2) is 0 Å². The van der Waals surface area contributed by atoms with Crippen molar-refractivity contribution in [1.29, 1.82) is 0 Å². The van der Waals surface area contributed by atoms with Gasteiger partial charge in [-0.15, -0.1) is 0 Å². The third-order valence-electron chi connectivity index (χ3n) is 3.58. The summed E-state index contributed by atoms with van der Waals surface area (Å²) < 4.78 is 0. The van der Waals surface area contributed by atoms with Crippen LogP contribution in [0.3, 0.4) is 0 Å². The Bertz CT molecular complexity index is 149. The van der Waals surface area contributed by atoms with Crippen LogP contribution in [0.2, 0.25) is 0 Å². The van der Waals surface area contributed by atoms with Crippen molar-refractivity contribution < 1.29 is 0 Å². The summed E-state index contributed by atoms with van der Waals surface area (Å²) in [6, 6.07) is 0. The highest BCUT2D eigenvalue weighted by Gasteiger charge is 2.17. The van der Waals surface area contributed by atoms with E-state index in [0.717, 1.165) is 19.0 Å². The van der Waals surface area contributed by atoms with Crippen LogP contribution in [0.5, 0.6) is 0 Å². The molecule has 2 N–H and O–H groups in total. The Morgan fingerprint density at radius 1 is 1.00 bits per heavy atom. The summed E-state index contributed by atoms with van der Waals surface area (Å²) in [7, 11) is 0. The second-order valence-corrected chi connectivity index (χ2v) is 4.61. The van der Waals surface area contributed by atoms with Crippen molar-refractivity contribution in [3.05, 3.63) is 0 Å². The first-order valence-electron chi connectivity index (χ1n) is 6.44. The Balaban J connectivity index is 2.19. The average molecular weight is 213 g/mol. The van der Waals surface area contributed by atoms with Gasteiger partial charge in [0.25, 0.3) is 0 Å². The van der Waals surface area contributed by atoms with Gasteiger partial charge in [-0.25, -0.2) is 0 Å². The minimum Gasteiger partial charge on any atom is -0.329 e. The molecule has 0 aromatic carbocycles. The molecular formula is C12H27N3. The first-order chi connectivity index (χ1) is 7.30. The van der Waals surface area contributed by atoms with Crippen LogP contribution in [0.4, 0.5) is 0 Å². The van der Waals surface area contributed by atoms with Gasteiger partial charge in [-0.2, -0.15) is 0 Å². The first-order valence-corrected chi connectivity index (χ1v) is 6.44. The second-order valence-electron chi connectivity index (χ2n) is 4.61. The molecule has 0 radical (unpaired) electrons. The Hall–Kier alpha value is -0.120. The maximum atomic E-state index is 5.56. The van der Waals surface area contributed by atoms with Gasteiger partial charge in [0.2, 0.25) is 0 Å². The molecule has 3 heteroatoms. The zero-order valence-corrected chi connectivity index (χ0v) is 10.4. The fourth-order valence-corrected chi connectivity index (χ4v) is 2.29. The second kappa shape index (κ2) is 7.20. The van der Waals surface area contributed by atoms with Gasteiger partial charge >= 0.3 is 0 Å². The molecule has 1 heterocycles. The molecule has 1 aliphatic rings. The first kappa shape index (κ1) is 12.9. The van der Waals surface area contributed by atoms with Gasteiger partial charge < -0.3 is 10.6 Å². The lowest BCUT2D eigenvalue weighted by Gasteiger charge is -2.36. The predicted molar refractivity (Wildman–Crippen MR) is 66.0 cm³/mol. The van der Waals surface area contributed by atoms with Crippen LogP contribution in [0.15, 0.2) is 0 Å². The van der Waals surface area contributed by atoms with Gasteiger partial charge in [0.1, 0.15) is 0 Å². The Kier molecular flexibility index (Phi) is 6.22. The molecule has 0 unspecified atom stereocenters. The van der Waals surface area contributed by atoms with E-state index in [1.165, 1.54) is 45.6 Å².